The first-order valence-corrected chi connectivity index (χ1v) is 3.98. The van der Waals surface area contributed by atoms with E-state index in [4.69, 9.17) is 11.0 Å². The Bertz CT molecular complexity index is 465. The van der Waals surface area contributed by atoms with E-state index in [-0.39, 0.29) is 0 Å². The van der Waals surface area contributed by atoms with E-state index >= 15 is 0 Å². The summed E-state index contributed by atoms with van der Waals surface area (Å²) < 4.78 is 64.1. The smallest absolute Gasteiger partial charge is 0.402 e. The Labute approximate surface area is 91.4 Å². The standard InChI is InChI=1S/C8H4F5N3O/c9-7(10)5-6(17-8(11,12)13)3(1-14)4(15)2-16-5/h2,7H,15H2. The second-order valence-electron chi connectivity index (χ2n) is 2.76. The number of hydrogen-bond acceptors (Lipinski definition) is 4. The lowest BCUT2D eigenvalue weighted by Gasteiger charge is -2.14. The van der Waals surface area contributed by atoms with Gasteiger partial charge in [0.1, 0.15) is 11.6 Å². The fraction of sp³-hybridized carbons (Fsp3) is 0.250. The molecule has 92 valence electrons. The molecular formula is C8H4F5N3O. The number of rotatable bonds is 2. The highest BCUT2D eigenvalue weighted by atomic mass is 19.4. The van der Waals surface area contributed by atoms with Crippen LogP contribution in [-0.4, -0.2) is 11.3 Å². The van der Waals surface area contributed by atoms with Crippen LogP contribution in [0.3, 0.4) is 0 Å². The predicted octanol–water partition coefficient (Wildman–Crippen LogP) is 2.37. The predicted molar refractivity (Wildman–Crippen MR) is 45.0 cm³/mol. The third kappa shape index (κ3) is 2.93. The zero-order valence-electron chi connectivity index (χ0n) is 7.92. The molecule has 0 saturated carbocycles. The van der Waals surface area contributed by atoms with Crippen molar-refractivity contribution in [1.82, 2.24) is 4.98 Å². The number of nitriles is 1. The molecule has 4 nitrogen and oxygen atoms in total. The molecule has 1 rings (SSSR count). The van der Waals surface area contributed by atoms with Crippen LogP contribution >= 0.6 is 0 Å². The molecule has 9 heteroatoms. The first-order valence-electron chi connectivity index (χ1n) is 3.98. The van der Waals surface area contributed by atoms with Crippen LogP contribution < -0.4 is 10.5 Å². The van der Waals surface area contributed by atoms with Crippen LogP contribution in [0.15, 0.2) is 6.20 Å². The SMILES string of the molecule is N#Cc1c(N)cnc(C(F)F)c1OC(F)(F)F. The fourth-order valence-electron chi connectivity index (χ4n) is 1.01. The molecule has 2 N–H and O–H groups in total. The summed E-state index contributed by atoms with van der Waals surface area (Å²) in [6, 6.07) is 1.26. The summed E-state index contributed by atoms with van der Waals surface area (Å²) in [5, 5.41) is 8.55. The zero-order valence-corrected chi connectivity index (χ0v) is 7.92. The molecule has 0 spiro atoms. The average Bonchev–Trinajstić information content (AvgIpc) is 2.15. The highest BCUT2D eigenvalue weighted by Gasteiger charge is 2.35. The summed E-state index contributed by atoms with van der Waals surface area (Å²) in [7, 11) is 0. The van der Waals surface area contributed by atoms with Crippen LogP contribution in [0.4, 0.5) is 27.6 Å². The normalized spacial score (nSPS) is 11.4. The summed E-state index contributed by atoms with van der Waals surface area (Å²) in [6.45, 7) is 0. The van der Waals surface area contributed by atoms with E-state index in [1.54, 1.807) is 0 Å². The van der Waals surface area contributed by atoms with E-state index in [0.717, 1.165) is 0 Å². The maximum Gasteiger partial charge on any atom is 0.573 e. The van der Waals surface area contributed by atoms with Crippen LogP contribution in [0.2, 0.25) is 0 Å². The van der Waals surface area contributed by atoms with Gasteiger partial charge in [0.15, 0.2) is 11.4 Å². The third-order valence-corrected chi connectivity index (χ3v) is 1.63. The van der Waals surface area contributed by atoms with E-state index in [9.17, 15) is 22.0 Å². The van der Waals surface area contributed by atoms with Crippen molar-refractivity contribution in [2.75, 3.05) is 5.73 Å². The minimum absolute atomic E-state index is 0.476. The lowest BCUT2D eigenvalue weighted by atomic mass is 10.2. The second-order valence-corrected chi connectivity index (χ2v) is 2.76. The molecule has 0 saturated heterocycles. The van der Waals surface area contributed by atoms with E-state index in [2.05, 4.69) is 9.72 Å². The fourth-order valence-corrected chi connectivity index (χ4v) is 1.01. The topological polar surface area (TPSA) is 71.9 Å². The summed E-state index contributed by atoms with van der Waals surface area (Å²) in [4.78, 5) is 3.02. The van der Waals surface area contributed by atoms with Gasteiger partial charge in [-0.25, -0.2) is 13.8 Å². The monoisotopic (exact) mass is 253 g/mol. The van der Waals surface area contributed by atoms with Gasteiger partial charge in [-0.05, 0) is 0 Å². The van der Waals surface area contributed by atoms with Gasteiger partial charge in [-0.2, -0.15) is 5.26 Å². The van der Waals surface area contributed by atoms with E-state index in [0.29, 0.717) is 6.20 Å². The molecule has 0 aromatic carbocycles. The largest absolute Gasteiger partial charge is 0.573 e. The Kier molecular flexibility index (Phi) is 3.36. The van der Waals surface area contributed by atoms with Gasteiger partial charge in [0, 0.05) is 0 Å². The Balaban J connectivity index is 3.41. The van der Waals surface area contributed by atoms with Crippen molar-refractivity contribution in [1.29, 1.82) is 5.26 Å². The van der Waals surface area contributed by atoms with E-state index in [1.165, 1.54) is 6.07 Å². The Morgan fingerprint density at radius 2 is 2.00 bits per heavy atom. The first-order chi connectivity index (χ1) is 7.76. The van der Waals surface area contributed by atoms with Crippen molar-refractivity contribution in [3.05, 3.63) is 17.5 Å². The molecule has 0 aliphatic heterocycles. The number of alkyl halides is 5. The maximum absolute atomic E-state index is 12.4. The molecule has 17 heavy (non-hydrogen) atoms. The van der Waals surface area contributed by atoms with Crippen molar-refractivity contribution in [2.24, 2.45) is 0 Å². The van der Waals surface area contributed by atoms with Gasteiger partial charge in [0.05, 0.1) is 11.9 Å². The van der Waals surface area contributed by atoms with Gasteiger partial charge in [-0.3, -0.25) is 0 Å². The average molecular weight is 253 g/mol. The number of hydrogen-bond donors (Lipinski definition) is 1. The molecule has 1 heterocycles. The first kappa shape index (κ1) is 13.0. The van der Waals surface area contributed by atoms with Gasteiger partial charge in [0.25, 0.3) is 6.43 Å². The molecule has 0 fully saturated rings. The minimum Gasteiger partial charge on any atom is -0.402 e. The molecule has 0 radical (unpaired) electrons. The minimum atomic E-state index is -5.22. The molecule has 0 amide bonds. The van der Waals surface area contributed by atoms with Crippen molar-refractivity contribution in [2.45, 2.75) is 12.8 Å². The number of ether oxygens (including phenoxy) is 1. The Morgan fingerprint density at radius 1 is 1.41 bits per heavy atom. The Hall–Kier alpha value is -2.11. The molecule has 0 unspecified atom stereocenters. The quantitative estimate of drug-likeness (QED) is 0.821. The summed E-state index contributed by atoms with van der Waals surface area (Å²) in [6.07, 6.45) is -7.87. The summed E-state index contributed by atoms with van der Waals surface area (Å²) >= 11 is 0. The summed E-state index contributed by atoms with van der Waals surface area (Å²) in [5.74, 6) is -1.37. The van der Waals surface area contributed by atoms with Gasteiger partial charge in [-0.15, -0.1) is 13.2 Å². The summed E-state index contributed by atoms with van der Waals surface area (Å²) in [5.41, 5.74) is 2.56. The van der Waals surface area contributed by atoms with Gasteiger partial charge in [-0.1, -0.05) is 0 Å². The number of nitrogen functional groups attached to an aromatic ring is 1. The maximum atomic E-state index is 12.4. The third-order valence-electron chi connectivity index (χ3n) is 1.63. The highest BCUT2D eigenvalue weighted by Crippen LogP contribution is 2.36. The number of pyridine rings is 1. The van der Waals surface area contributed by atoms with Crippen molar-refractivity contribution in [3.63, 3.8) is 0 Å². The molecule has 0 aliphatic carbocycles. The molecule has 0 atom stereocenters. The lowest BCUT2D eigenvalue weighted by molar-refractivity contribution is -0.275. The second kappa shape index (κ2) is 4.40. The van der Waals surface area contributed by atoms with Crippen molar-refractivity contribution < 1.29 is 26.7 Å². The van der Waals surface area contributed by atoms with Crippen molar-refractivity contribution >= 4 is 5.69 Å². The molecule has 1 aromatic heterocycles. The van der Waals surface area contributed by atoms with Crippen molar-refractivity contribution in [3.8, 4) is 11.8 Å². The van der Waals surface area contributed by atoms with Crippen LogP contribution in [0.1, 0.15) is 17.7 Å². The molecular weight excluding hydrogens is 249 g/mol. The van der Waals surface area contributed by atoms with E-state index in [1.807, 2.05) is 0 Å². The van der Waals surface area contributed by atoms with Crippen LogP contribution in [-0.2, 0) is 0 Å². The highest BCUT2D eigenvalue weighted by molar-refractivity contribution is 5.61. The van der Waals surface area contributed by atoms with Gasteiger partial charge in [0.2, 0.25) is 0 Å². The van der Waals surface area contributed by atoms with Crippen LogP contribution in [0.25, 0.3) is 0 Å². The van der Waals surface area contributed by atoms with Gasteiger partial charge < -0.3 is 10.5 Å². The number of nitrogens with zero attached hydrogens (tertiary/aromatic N) is 2. The Morgan fingerprint density at radius 3 is 2.41 bits per heavy atom. The number of halogens is 5. The number of aromatic nitrogens is 1. The van der Waals surface area contributed by atoms with Crippen LogP contribution in [0.5, 0.6) is 5.75 Å². The van der Waals surface area contributed by atoms with E-state index < -0.39 is 35.5 Å². The lowest BCUT2D eigenvalue weighted by Crippen LogP contribution is -2.20. The number of anilines is 1. The van der Waals surface area contributed by atoms with Gasteiger partial charge >= 0.3 is 6.36 Å². The molecule has 0 bridgehead atoms. The van der Waals surface area contributed by atoms with Crippen LogP contribution in [0, 0.1) is 11.3 Å². The molecule has 0 aliphatic rings. The molecule has 1 aromatic rings. The zero-order chi connectivity index (χ0) is 13.2. The number of nitrogens with two attached hydrogens (primary N) is 1.